The van der Waals surface area contributed by atoms with Gasteiger partial charge < -0.3 is 11.1 Å². The average molecular weight is 431 g/mol. The van der Waals surface area contributed by atoms with Gasteiger partial charge in [-0.25, -0.2) is 4.98 Å². The molecule has 2 aromatic rings. The first-order valence-electron chi connectivity index (χ1n) is 8.97. The molecule has 1 atom stereocenters. The maximum atomic E-state index is 12.4. The van der Waals surface area contributed by atoms with E-state index in [4.69, 9.17) is 5.73 Å². The Labute approximate surface area is 177 Å². The van der Waals surface area contributed by atoms with Gasteiger partial charge >= 0.3 is 0 Å². The van der Waals surface area contributed by atoms with Crippen molar-refractivity contribution in [3.63, 3.8) is 0 Å². The second-order valence-electron chi connectivity index (χ2n) is 6.48. The number of rotatable bonds is 7. The van der Waals surface area contributed by atoms with Crippen LogP contribution in [0.2, 0.25) is 0 Å². The number of aromatic nitrogens is 1. The molecule has 150 valence electrons. The number of likely N-dealkylation sites (tertiary alicyclic amines) is 1. The van der Waals surface area contributed by atoms with Crippen molar-refractivity contribution in [2.24, 2.45) is 5.73 Å². The molecule has 1 aliphatic rings. The fourth-order valence-electron chi connectivity index (χ4n) is 3.27. The van der Waals surface area contributed by atoms with E-state index in [2.05, 4.69) is 39.5 Å². The van der Waals surface area contributed by atoms with Crippen molar-refractivity contribution in [1.82, 2.24) is 15.2 Å². The standard InChI is InChI=1S/C19H26N4OS.2ClH/c20-10-9-18-22-17(14-25-18)19(24)21-12-16-8-4-5-11-23(16)13-15-6-2-1-3-7-15;;/h1-3,6-7,14,16H,4-5,8-13,20H2,(H,21,24);2*1H. The van der Waals surface area contributed by atoms with Crippen LogP contribution in [-0.4, -0.2) is 41.5 Å². The number of thiazole rings is 1. The molecule has 0 spiro atoms. The lowest BCUT2D eigenvalue weighted by Crippen LogP contribution is -2.46. The monoisotopic (exact) mass is 430 g/mol. The quantitative estimate of drug-likeness (QED) is 0.706. The average Bonchev–Trinajstić information content (AvgIpc) is 3.11. The molecule has 0 saturated carbocycles. The molecule has 1 aliphatic heterocycles. The van der Waals surface area contributed by atoms with Gasteiger partial charge in [0, 0.05) is 30.9 Å². The van der Waals surface area contributed by atoms with Gasteiger partial charge in [-0.15, -0.1) is 36.2 Å². The maximum absolute atomic E-state index is 12.4. The lowest BCUT2D eigenvalue weighted by atomic mass is 10.0. The summed E-state index contributed by atoms with van der Waals surface area (Å²) in [5, 5.41) is 5.82. The molecular formula is C19H28Cl2N4OS. The van der Waals surface area contributed by atoms with Crippen LogP contribution in [0.5, 0.6) is 0 Å². The smallest absolute Gasteiger partial charge is 0.270 e. The first kappa shape index (κ1) is 23.9. The van der Waals surface area contributed by atoms with Crippen LogP contribution < -0.4 is 11.1 Å². The molecule has 3 rings (SSSR count). The number of hydrogen-bond acceptors (Lipinski definition) is 5. The van der Waals surface area contributed by atoms with Gasteiger partial charge in [0.1, 0.15) is 5.69 Å². The second kappa shape index (κ2) is 12.3. The van der Waals surface area contributed by atoms with Gasteiger partial charge in [-0.2, -0.15) is 0 Å². The Kier molecular flexibility index (Phi) is 10.9. The van der Waals surface area contributed by atoms with E-state index in [1.807, 2.05) is 11.4 Å². The fourth-order valence-corrected chi connectivity index (χ4v) is 4.07. The minimum absolute atomic E-state index is 0. The largest absolute Gasteiger partial charge is 0.349 e. The minimum Gasteiger partial charge on any atom is -0.349 e. The molecule has 1 aromatic carbocycles. The van der Waals surface area contributed by atoms with Crippen LogP contribution in [0.1, 0.15) is 40.3 Å². The van der Waals surface area contributed by atoms with E-state index in [9.17, 15) is 4.79 Å². The van der Waals surface area contributed by atoms with Gasteiger partial charge in [0.15, 0.2) is 0 Å². The molecule has 8 heteroatoms. The van der Waals surface area contributed by atoms with E-state index < -0.39 is 0 Å². The van der Waals surface area contributed by atoms with Gasteiger partial charge in [-0.3, -0.25) is 9.69 Å². The zero-order valence-electron chi connectivity index (χ0n) is 15.3. The molecule has 5 nitrogen and oxygen atoms in total. The number of benzene rings is 1. The summed E-state index contributed by atoms with van der Waals surface area (Å²) in [4.78, 5) is 19.2. The third-order valence-corrected chi connectivity index (χ3v) is 5.53. The maximum Gasteiger partial charge on any atom is 0.270 e. The highest BCUT2D eigenvalue weighted by Gasteiger charge is 2.23. The van der Waals surface area contributed by atoms with Crippen LogP contribution in [0.15, 0.2) is 35.7 Å². The van der Waals surface area contributed by atoms with Crippen LogP contribution >= 0.6 is 36.2 Å². The number of carbonyl (C=O) groups is 1. The third kappa shape index (κ3) is 7.05. The van der Waals surface area contributed by atoms with Crippen molar-refractivity contribution < 1.29 is 4.79 Å². The normalized spacial score (nSPS) is 16.9. The van der Waals surface area contributed by atoms with Crippen molar-refractivity contribution >= 4 is 42.1 Å². The number of piperidine rings is 1. The van der Waals surface area contributed by atoms with Gasteiger partial charge in [0.05, 0.1) is 5.01 Å². The van der Waals surface area contributed by atoms with Crippen LogP contribution in [-0.2, 0) is 13.0 Å². The van der Waals surface area contributed by atoms with E-state index in [-0.39, 0.29) is 30.7 Å². The summed E-state index contributed by atoms with van der Waals surface area (Å²) in [5.74, 6) is -0.0789. The van der Waals surface area contributed by atoms with Crippen molar-refractivity contribution in [3.05, 3.63) is 52.0 Å². The molecule has 0 radical (unpaired) electrons. The highest BCUT2D eigenvalue weighted by molar-refractivity contribution is 7.09. The second-order valence-corrected chi connectivity index (χ2v) is 7.42. The summed E-state index contributed by atoms with van der Waals surface area (Å²) < 4.78 is 0. The number of nitrogens with one attached hydrogen (secondary N) is 1. The molecule has 3 N–H and O–H groups in total. The number of amides is 1. The summed E-state index contributed by atoms with van der Waals surface area (Å²) in [7, 11) is 0. The molecule has 0 bridgehead atoms. The number of hydrogen-bond donors (Lipinski definition) is 2. The lowest BCUT2D eigenvalue weighted by Gasteiger charge is -2.35. The molecule has 2 heterocycles. The van der Waals surface area contributed by atoms with Crippen molar-refractivity contribution in [2.75, 3.05) is 19.6 Å². The molecule has 0 aliphatic carbocycles. The molecule has 1 unspecified atom stereocenters. The Hall–Kier alpha value is -1.18. The summed E-state index contributed by atoms with van der Waals surface area (Å²) in [6, 6.07) is 10.9. The zero-order chi connectivity index (χ0) is 17.5. The summed E-state index contributed by atoms with van der Waals surface area (Å²) >= 11 is 1.50. The SMILES string of the molecule is Cl.Cl.NCCc1nc(C(=O)NCC2CCCCN2Cc2ccccc2)cs1. The number of nitrogens with zero attached hydrogens (tertiary/aromatic N) is 2. The predicted octanol–water partition coefficient (Wildman–Crippen LogP) is 3.27. The first-order valence-corrected chi connectivity index (χ1v) is 9.85. The third-order valence-electron chi connectivity index (χ3n) is 4.62. The number of carbonyl (C=O) groups excluding carboxylic acids is 1. The Balaban J connectivity index is 0.00000182. The van der Waals surface area contributed by atoms with Crippen molar-refractivity contribution in [3.8, 4) is 0 Å². The van der Waals surface area contributed by atoms with E-state index in [0.717, 1.165) is 30.9 Å². The van der Waals surface area contributed by atoms with E-state index >= 15 is 0 Å². The minimum atomic E-state index is -0.0789. The summed E-state index contributed by atoms with van der Waals surface area (Å²) in [6.45, 7) is 3.27. The highest BCUT2D eigenvalue weighted by Crippen LogP contribution is 2.19. The van der Waals surface area contributed by atoms with Gasteiger partial charge in [-0.1, -0.05) is 36.8 Å². The van der Waals surface area contributed by atoms with Crippen molar-refractivity contribution in [1.29, 1.82) is 0 Å². The Morgan fingerprint density at radius 1 is 1.26 bits per heavy atom. The first-order chi connectivity index (χ1) is 12.3. The summed E-state index contributed by atoms with van der Waals surface area (Å²) in [5.41, 5.74) is 7.38. The van der Waals surface area contributed by atoms with Crippen LogP contribution in [0.4, 0.5) is 0 Å². The lowest BCUT2D eigenvalue weighted by molar-refractivity contribution is 0.0903. The van der Waals surface area contributed by atoms with E-state index in [1.54, 1.807) is 0 Å². The molecule has 1 amide bonds. The zero-order valence-corrected chi connectivity index (χ0v) is 17.8. The Bertz CT molecular complexity index is 683. The molecule has 1 saturated heterocycles. The molecule has 1 fully saturated rings. The molecule has 27 heavy (non-hydrogen) atoms. The van der Waals surface area contributed by atoms with E-state index in [0.29, 0.717) is 24.8 Å². The number of nitrogens with two attached hydrogens (primary N) is 1. The Morgan fingerprint density at radius 3 is 2.78 bits per heavy atom. The van der Waals surface area contributed by atoms with Gasteiger partial charge in [0.25, 0.3) is 5.91 Å². The fraction of sp³-hybridized carbons (Fsp3) is 0.474. The summed E-state index contributed by atoms with van der Waals surface area (Å²) in [6.07, 6.45) is 4.31. The van der Waals surface area contributed by atoms with E-state index in [1.165, 1.54) is 29.7 Å². The molecule has 1 aromatic heterocycles. The predicted molar refractivity (Wildman–Crippen MR) is 116 cm³/mol. The van der Waals surface area contributed by atoms with Crippen LogP contribution in [0.25, 0.3) is 0 Å². The topological polar surface area (TPSA) is 71.2 Å². The van der Waals surface area contributed by atoms with Gasteiger partial charge in [-0.05, 0) is 31.5 Å². The van der Waals surface area contributed by atoms with Crippen LogP contribution in [0.3, 0.4) is 0 Å². The van der Waals surface area contributed by atoms with Gasteiger partial charge in [0.2, 0.25) is 0 Å². The number of halogens is 2. The van der Waals surface area contributed by atoms with Crippen molar-refractivity contribution in [2.45, 2.75) is 38.3 Å². The van der Waals surface area contributed by atoms with Crippen LogP contribution in [0, 0.1) is 0 Å². The molecular weight excluding hydrogens is 403 g/mol. The Morgan fingerprint density at radius 2 is 2.04 bits per heavy atom. The highest BCUT2D eigenvalue weighted by atomic mass is 35.5.